The molecule has 1 heteroatoms. The molecule has 0 nitrogen and oxygen atoms in total. The molecule has 0 saturated heterocycles. The molecule has 2 aromatic carbocycles. The molecule has 0 unspecified atom stereocenters. The van der Waals surface area contributed by atoms with Crippen molar-refractivity contribution < 1.29 is 0 Å². The van der Waals surface area contributed by atoms with Crippen LogP contribution >= 0.6 is 0 Å². The third-order valence-electron chi connectivity index (χ3n) is 2.31. The molecule has 0 aromatic heterocycles. The van der Waals surface area contributed by atoms with Gasteiger partial charge in [-0.25, -0.2) is 0 Å². The fourth-order valence-electron chi connectivity index (χ4n) is 1.42. The van der Waals surface area contributed by atoms with Gasteiger partial charge in [0.05, 0.1) is 0 Å². The summed E-state index contributed by atoms with van der Waals surface area (Å²) in [6.45, 7) is 2.19. The second-order valence-electron chi connectivity index (χ2n) is 3.41. The van der Waals surface area contributed by atoms with Crippen LogP contribution in [0.1, 0.15) is 12.5 Å². The molecule has 76 valence electrons. The molecule has 0 radical (unpaired) electrons. The van der Waals surface area contributed by atoms with E-state index < -0.39 is 0 Å². The molecule has 0 fully saturated rings. The first-order valence-corrected chi connectivity index (χ1v) is 6.91. The number of benzene rings is 2. The fraction of sp³-hybridized carbons (Fsp3) is 0.143. The minimum absolute atomic E-state index is 0.452. The van der Waals surface area contributed by atoms with E-state index in [0.717, 1.165) is 6.42 Å². The molecule has 0 amide bonds. The van der Waals surface area contributed by atoms with Gasteiger partial charge in [0.15, 0.2) is 0 Å². The first kappa shape index (κ1) is 10.5. The van der Waals surface area contributed by atoms with E-state index in [1.165, 1.54) is 14.5 Å². The Hall–Kier alpha value is -1.04. The average Bonchev–Trinajstić information content (AvgIpc) is 2.31. The molecular formula is C14H14Se. The van der Waals surface area contributed by atoms with Crippen molar-refractivity contribution in [2.45, 2.75) is 13.3 Å². The molecule has 2 aromatic rings. The molecule has 0 aliphatic heterocycles. The summed E-state index contributed by atoms with van der Waals surface area (Å²) in [5.74, 6) is 0. The van der Waals surface area contributed by atoms with Gasteiger partial charge in [-0.15, -0.1) is 0 Å². The number of rotatable bonds is 3. The molecular weight excluding hydrogens is 247 g/mol. The molecule has 15 heavy (non-hydrogen) atoms. The third kappa shape index (κ3) is 2.95. The summed E-state index contributed by atoms with van der Waals surface area (Å²) in [4.78, 5) is 0. The Morgan fingerprint density at radius 1 is 0.800 bits per heavy atom. The Morgan fingerprint density at radius 3 is 2.00 bits per heavy atom. The van der Waals surface area contributed by atoms with E-state index in [0.29, 0.717) is 15.0 Å². The zero-order valence-electron chi connectivity index (χ0n) is 8.81. The molecule has 0 atom stereocenters. The monoisotopic (exact) mass is 262 g/mol. The van der Waals surface area contributed by atoms with Gasteiger partial charge in [-0.05, 0) is 0 Å². The van der Waals surface area contributed by atoms with Gasteiger partial charge in [0.2, 0.25) is 0 Å². The van der Waals surface area contributed by atoms with Gasteiger partial charge in [0.1, 0.15) is 0 Å². The summed E-state index contributed by atoms with van der Waals surface area (Å²) in [5, 5.41) is 0. The molecule has 0 spiro atoms. The Balaban J connectivity index is 2.11. The van der Waals surface area contributed by atoms with Crippen molar-refractivity contribution in [1.29, 1.82) is 0 Å². The van der Waals surface area contributed by atoms with Crippen molar-refractivity contribution in [2.24, 2.45) is 0 Å². The SMILES string of the molecule is CCc1ccc([Se]c2ccccc2)cc1. The van der Waals surface area contributed by atoms with Crippen LogP contribution in [0.4, 0.5) is 0 Å². The topological polar surface area (TPSA) is 0 Å². The summed E-state index contributed by atoms with van der Waals surface area (Å²) in [6, 6.07) is 19.7. The zero-order valence-corrected chi connectivity index (χ0v) is 10.5. The average molecular weight is 261 g/mol. The van der Waals surface area contributed by atoms with Crippen LogP contribution < -0.4 is 8.92 Å². The predicted octanol–water partition coefficient (Wildman–Crippen LogP) is 1.90. The maximum absolute atomic E-state index is 2.26. The molecule has 0 heterocycles. The van der Waals surface area contributed by atoms with Crippen LogP contribution in [-0.4, -0.2) is 15.0 Å². The first-order valence-electron chi connectivity index (χ1n) is 5.20. The van der Waals surface area contributed by atoms with Gasteiger partial charge < -0.3 is 0 Å². The normalized spacial score (nSPS) is 10.2. The van der Waals surface area contributed by atoms with Gasteiger partial charge in [-0.3, -0.25) is 0 Å². The van der Waals surface area contributed by atoms with Crippen molar-refractivity contribution in [3.63, 3.8) is 0 Å². The summed E-state index contributed by atoms with van der Waals surface area (Å²) in [6.07, 6.45) is 1.12. The van der Waals surface area contributed by atoms with Crippen molar-refractivity contribution in [3.05, 3.63) is 60.2 Å². The van der Waals surface area contributed by atoms with Crippen LogP contribution in [-0.2, 0) is 6.42 Å². The first-order chi connectivity index (χ1) is 7.38. The second kappa shape index (κ2) is 5.16. The maximum atomic E-state index is 2.26. The van der Waals surface area contributed by atoms with Crippen molar-refractivity contribution in [1.82, 2.24) is 0 Å². The van der Waals surface area contributed by atoms with Crippen LogP contribution in [0.3, 0.4) is 0 Å². The second-order valence-corrected chi connectivity index (χ2v) is 5.82. The van der Waals surface area contributed by atoms with Crippen LogP contribution in [0.2, 0.25) is 0 Å². The van der Waals surface area contributed by atoms with Gasteiger partial charge in [0, 0.05) is 0 Å². The van der Waals surface area contributed by atoms with E-state index in [2.05, 4.69) is 61.5 Å². The molecule has 0 aliphatic carbocycles. The molecule has 0 bridgehead atoms. The number of hydrogen-bond donors (Lipinski definition) is 0. The summed E-state index contributed by atoms with van der Waals surface area (Å²) in [5.41, 5.74) is 1.42. The van der Waals surface area contributed by atoms with Crippen LogP contribution in [0.15, 0.2) is 54.6 Å². The van der Waals surface area contributed by atoms with Gasteiger partial charge >= 0.3 is 97.4 Å². The fourth-order valence-corrected chi connectivity index (χ4v) is 3.18. The van der Waals surface area contributed by atoms with E-state index in [1.54, 1.807) is 0 Å². The van der Waals surface area contributed by atoms with Crippen molar-refractivity contribution in [3.8, 4) is 0 Å². The van der Waals surface area contributed by atoms with E-state index in [4.69, 9.17) is 0 Å². The quantitative estimate of drug-likeness (QED) is 0.740. The third-order valence-corrected chi connectivity index (χ3v) is 4.44. The minimum atomic E-state index is 0.452. The van der Waals surface area contributed by atoms with Crippen molar-refractivity contribution >= 4 is 23.9 Å². The molecule has 0 saturated carbocycles. The standard InChI is InChI=1S/C14H14Se/c1-2-12-8-10-14(11-9-12)15-13-6-4-3-5-7-13/h3-11H,2H2,1H3. The van der Waals surface area contributed by atoms with E-state index >= 15 is 0 Å². The van der Waals surface area contributed by atoms with Crippen LogP contribution in [0.25, 0.3) is 0 Å². The molecule has 0 N–H and O–H groups in total. The van der Waals surface area contributed by atoms with E-state index in [-0.39, 0.29) is 0 Å². The van der Waals surface area contributed by atoms with E-state index in [1.807, 2.05) is 0 Å². The Bertz CT molecular complexity index is 403. The van der Waals surface area contributed by atoms with Crippen LogP contribution in [0, 0.1) is 0 Å². The Morgan fingerprint density at radius 2 is 1.40 bits per heavy atom. The van der Waals surface area contributed by atoms with Gasteiger partial charge in [-0.2, -0.15) is 0 Å². The Kier molecular flexibility index (Phi) is 3.60. The number of aryl methyl sites for hydroxylation is 1. The Labute approximate surface area is 97.5 Å². The van der Waals surface area contributed by atoms with Crippen molar-refractivity contribution in [2.75, 3.05) is 0 Å². The van der Waals surface area contributed by atoms with E-state index in [9.17, 15) is 0 Å². The zero-order chi connectivity index (χ0) is 10.5. The molecule has 0 aliphatic rings. The number of hydrogen-bond acceptors (Lipinski definition) is 0. The van der Waals surface area contributed by atoms with Crippen LogP contribution in [0.5, 0.6) is 0 Å². The summed E-state index contributed by atoms with van der Waals surface area (Å²) >= 11 is 0.452. The summed E-state index contributed by atoms with van der Waals surface area (Å²) in [7, 11) is 0. The van der Waals surface area contributed by atoms with Gasteiger partial charge in [-0.1, -0.05) is 0 Å². The summed E-state index contributed by atoms with van der Waals surface area (Å²) < 4.78 is 2.89. The van der Waals surface area contributed by atoms with Gasteiger partial charge in [0.25, 0.3) is 0 Å². The predicted molar refractivity (Wildman–Crippen MR) is 67.3 cm³/mol. The molecule has 2 rings (SSSR count).